The fourth-order valence-electron chi connectivity index (χ4n) is 1.61. The lowest BCUT2D eigenvalue weighted by molar-refractivity contribution is -0.115. The predicted molar refractivity (Wildman–Crippen MR) is 80.1 cm³/mol. The van der Waals surface area contributed by atoms with Gasteiger partial charge in [-0.1, -0.05) is 29.5 Å². The van der Waals surface area contributed by atoms with Gasteiger partial charge in [-0.2, -0.15) is 5.26 Å². The summed E-state index contributed by atoms with van der Waals surface area (Å²) >= 11 is 1.08. The standard InChI is InChI=1S/C14H12N4O2S/c1-9-12(13(20)17-10-5-3-2-4-6-10)21-14(16-9)18-11(19)7-8-15/h2-6H,7H2,1H3,(H,17,20)(H,16,18,19). The molecule has 2 N–H and O–H groups in total. The number of nitrogens with one attached hydrogen (secondary N) is 2. The van der Waals surface area contributed by atoms with Crippen LogP contribution in [0.4, 0.5) is 10.8 Å². The molecule has 2 rings (SSSR count). The molecule has 7 heteroatoms. The van der Waals surface area contributed by atoms with Gasteiger partial charge in [-0.05, 0) is 19.1 Å². The van der Waals surface area contributed by atoms with E-state index >= 15 is 0 Å². The Hall–Kier alpha value is -2.72. The molecule has 0 saturated heterocycles. The van der Waals surface area contributed by atoms with Gasteiger partial charge in [-0.3, -0.25) is 9.59 Å². The molecule has 0 radical (unpaired) electrons. The van der Waals surface area contributed by atoms with E-state index in [1.165, 1.54) is 0 Å². The van der Waals surface area contributed by atoms with Crippen LogP contribution >= 0.6 is 11.3 Å². The number of nitriles is 1. The molecule has 2 aromatic rings. The summed E-state index contributed by atoms with van der Waals surface area (Å²) in [6, 6.07) is 10.8. The van der Waals surface area contributed by atoms with Crippen molar-refractivity contribution in [3.63, 3.8) is 0 Å². The number of hydrogen-bond donors (Lipinski definition) is 2. The zero-order valence-electron chi connectivity index (χ0n) is 11.2. The maximum Gasteiger partial charge on any atom is 0.267 e. The van der Waals surface area contributed by atoms with Gasteiger partial charge >= 0.3 is 0 Å². The van der Waals surface area contributed by atoms with Gasteiger partial charge in [0.1, 0.15) is 11.3 Å². The van der Waals surface area contributed by atoms with E-state index in [0.29, 0.717) is 21.4 Å². The van der Waals surface area contributed by atoms with Gasteiger partial charge in [-0.25, -0.2) is 4.98 Å². The first-order valence-corrected chi connectivity index (χ1v) is 6.92. The van der Waals surface area contributed by atoms with E-state index in [1.54, 1.807) is 25.1 Å². The fraction of sp³-hybridized carbons (Fsp3) is 0.143. The van der Waals surface area contributed by atoms with E-state index in [2.05, 4.69) is 15.6 Å². The topological polar surface area (TPSA) is 94.9 Å². The third-order valence-corrected chi connectivity index (χ3v) is 3.59. The molecule has 106 valence electrons. The molecule has 0 atom stereocenters. The smallest absolute Gasteiger partial charge is 0.267 e. The largest absolute Gasteiger partial charge is 0.321 e. The lowest BCUT2D eigenvalue weighted by Crippen LogP contribution is -2.11. The number of thiazole rings is 1. The zero-order valence-corrected chi connectivity index (χ0v) is 12.0. The van der Waals surface area contributed by atoms with Crippen molar-refractivity contribution in [3.8, 4) is 6.07 Å². The highest BCUT2D eigenvalue weighted by Gasteiger charge is 2.16. The van der Waals surface area contributed by atoms with Crippen molar-refractivity contribution in [3.05, 3.63) is 40.9 Å². The Morgan fingerprint density at radius 3 is 2.67 bits per heavy atom. The molecule has 0 bridgehead atoms. The average molecular weight is 300 g/mol. The van der Waals surface area contributed by atoms with Gasteiger partial charge in [0.25, 0.3) is 5.91 Å². The van der Waals surface area contributed by atoms with E-state index in [4.69, 9.17) is 5.26 Å². The quantitative estimate of drug-likeness (QED) is 0.907. The SMILES string of the molecule is Cc1nc(NC(=O)CC#N)sc1C(=O)Nc1ccccc1. The lowest BCUT2D eigenvalue weighted by Gasteiger charge is -2.02. The number of aromatic nitrogens is 1. The average Bonchev–Trinajstić information content (AvgIpc) is 2.81. The summed E-state index contributed by atoms with van der Waals surface area (Å²) in [6.45, 7) is 1.69. The van der Waals surface area contributed by atoms with Gasteiger partial charge in [0.05, 0.1) is 11.8 Å². The zero-order chi connectivity index (χ0) is 15.2. The van der Waals surface area contributed by atoms with Gasteiger partial charge in [0.2, 0.25) is 5.91 Å². The molecule has 1 heterocycles. The second kappa shape index (κ2) is 6.63. The molecule has 0 unspecified atom stereocenters. The maximum absolute atomic E-state index is 12.2. The maximum atomic E-state index is 12.2. The Morgan fingerprint density at radius 1 is 1.29 bits per heavy atom. The van der Waals surface area contributed by atoms with E-state index < -0.39 is 5.91 Å². The summed E-state index contributed by atoms with van der Waals surface area (Å²) < 4.78 is 0. The van der Waals surface area contributed by atoms with Crippen LogP contribution in [0.25, 0.3) is 0 Å². The Labute approximate surface area is 125 Å². The van der Waals surface area contributed by atoms with Crippen molar-refractivity contribution in [2.75, 3.05) is 10.6 Å². The number of rotatable bonds is 4. The van der Waals surface area contributed by atoms with Crippen molar-refractivity contribution < 1.29 is 9.59 Å². The van der Waals surface area contributed by atoms with Crippen molar-refractivity contribution in [1.82, 2.24) is 4.98 Å². The van der Waals surface area contributed by atoms with Gasteiger partial charge in [0.15, 0.2) is 5.13 Å². The molecule has 21 heavy (non-hydrogen) atoms. The molecule has 2 amide bonds. The highest BCUT2D eigenvalue weighted by atomic mass is 32.1. The highest BCUT2D eigenvalue weighted by molar-refractivity contribution is 7.17. The van der Waals surface area contributed by atoms with E-state index in [-0.39, 0.29) is 12.3 Å². The molecule has 6 nitrogen and oxygen atoms in total. The Balaban J connectivity index is 2.10. The summed E-state index contributed by atoms with van der Waals surface area (Å²) in [5, 5.41) is 14.0. The van der Waals surface area contributed by atoms with E-state index in [9.17, 15) is 9.59 Å². The molecule has 0 saturated carbocycles. The van der Waals surface area contributed by atoms with Crippen LogP contribution in [0.1, 0.15) is 21.8 Å². The summed E-state index contributed by atoms with van der Waals surface area (Å²) in [4.78, 5) is 28.0. The summed E-state index contributed by atoms with van der Waals surface area (Å²) in [7, 11) is 0. The van der Waals surface area contributed by atoms with Gasteiger partial charge in [-0.15, -0.1) is 0 Å². The van der Waals surface area contributed by atoms with Crippen LogP contribution in [-0.2, 0) is 4.79 Å². The number of amides is 2. The van der Waals surface area contributed by atoms with Crippen LogP contribution in [0.2, 0.25) is 0 Å². The van der Waals surface area contributed by atoms with Crippen LogP contribution in [0.15, 0.2) is 30.3 Å². The number of carbonyl (C=O) groups is 2. The number of aryl methyl sites for hydroxylation is 1. The van der Waals surface area contributed by atoms with Crippen molar-refractivity contribution in [2.45, 2.75) is 13.3 Å². The third-order valence-electron chi connectivity index (χ3n) is 2.52. The molecule has 0 aliphatic rings. The highest BCUT2D eigenvalue weighted by Crippen LogP contribution is 2.23. The van der Waals surface area contributed by atoms with Crippen LogP contribution in [0.5, 0.6) is 0 Å². The van der Waals surface area contributed by atoms with Gasteiger partial charge in [0, 0.05) is 5.69 Å². The molecule has 0 aliphatic carbocycles. The van der Waals surface area contributed by atoms with Crippen molar-refractivity contribution in [1.29, 1.82) is 5.26 Å². The van der Waals surface area contributed by atoms with Crippen LogP contribution < -0.4 is 10.6 Å². The van der Waals surface area contributed by atoms with E-state index in [0.717, 1.165) is 11.3 Å². The van der Waals surface area contributed by atoms with E-state index in [1.807, 2.05) is 18.2 Å². The number of benzene rings is 1. The van der Waals surface area contributed by atoms with Crippen LogP contribution in [0, 0.1) is 18.3 Å². The molecular formula is C14H12N4O2S. The number of nitrogens with zero attached hydrogens (tertiary/aromatic N) is 2. The first kappa shape index (κ1) is 14.7. The Kier molecular flexibility index (Phi) is 4.64. The summed E-state index contributed by atoms with van der Waals surface area (Å²) in [5.74, 6) is -0.724. The fourth-order valence-corrected chi connectivity index (χ4v) is 2.48. The first-order valence-electron chi connectivity index (χ1n) is 6.11. The van der Waals surface area contributed by atoms with Crippen molar-refractivity contribution >= 4 is 34.0 Å². The molecule has 0 aliphatic heterocycles. The molecular weight excluding hydrogens is 288 g/mol. The third kappa shape index (κ3) is 3.87. The lowest BCUT2D eigenvalue weighted by atomic mass is 10.3. The van der Waals surface area contributed by atoms with Crippen LogP contribution in [-0.4, -0.2) is 16.8 Å². The predicted octanol–water partition coefficient (Wildman–Crippen LogP) is 2.56. The van der Waals surface area contributed by atoms with Crippen molar-refractivity contribution in [2.24, 2.45) is 0 Å². The number of para-hydroxylation sites is 1. The minimum Gasteiger partial charge on any atom is -0.321 e. The Bertz CT molecular complexity index is 704. The Morgan fingerprint density at radius 2 is 2.00 bits per heavy atom. The molecule has 1 aromatic heterocycles. The monoisotopic (exact) mass is 300 g/mol. The summed E-state index contributed by atoms with van der Waals surface area (Å²) in [6.07, 6.45) is -0.246. The molecule has 1 aromatic carbocycles. The molecule has 0 fully saturated rings. The molecule has 0 spiro atoms. The minimum absolute atomic E-state index is 0.246. The number of hydrogen-bond acceptors (Lipinski definition) is 5. The van der Waals surface area contributed by atoms with Crippen LogP contribution in [0.3, 0.4) is 0 Å². The number of anilines is 2. The number of carbonyl (C=O) groups excluding carboxylic acids is 2. The minimum atomic E-state index is -0.443. The second-order valence-electron chi connectivity index (χ2n) is 4.14. The van der Waals surface area contributed by atoms with Gasteiger partial charge < -0.3 is 10.6 Å². The second-order valence-corrected chi connectivity index (χ2v) is 5.14. The summed E-state index contributed by atoms with van der Waals surface area (Å²) in [5.41, 5.74) is 1.21. The normalized spacial score (nSPS) is 9.71. The first-order chi connectivity index (χ1) is 10.1.